The molecule has 2 rings (SSSR count). The molecule has 0 fully saturated rings. The average molecular weight is 205 g/mol. The van der Waals surface area contributed by atoms with E-state index in [1.807, 2.05) is 24.1 Å². The molecule has 1 unspecified atom stereocenters. The van der Waals surface area contributed by atoms with Gasteiger partial charge in [-0.05, 0) is 32.1 Å². The highest BCUT2D eigenvalue weighted by Gasteiger charge is 2.12. The molecule has 0 amide bonds. The van der Waals surface area contributed by atoms with Crippen LogP contribution in [0.4, 0.5) is 0 Å². The van der Waals surface area contributed by atoms with Crippen molar-refractivity contribution in [2.75, 3.05) is 0 Å². The van der Waals surface area contributed by atoms with E-state index in [0.29, 0.717) is 0 Å². The topological polar surface area (TPSA) is 43.8 Å². The first-order valence-corrected chi connectivity index (χ1v) is 5.68. The number of allylic oxidation sites excluding steroid dienone is 1. The minimum atomic E-state index is 0.114. The third-order valence-corrected chi connectivity index (χ3v) is 3.02. The van der Waals surface area contributed by atoms with Gasteiger partial charge in [0, 0.05) is 24.8 Å². The van der Waals surface area contributed by atoms with Crippen LogP contribution >= 0.6 is 0 Å². The SMILES string of the molecule is Cn1cc(C(N)CC2=CCCCC2)cn1. The number of aryl methyl sites for hydroxylation is 1. The molecule has 1 aliphatic carbocycles. The van der Waals surface area contributed by atoms with Gasteiger partial charge in [-0.3, -0.25) is 4.68 Å². The Morgan fingerprint density at radius 3 is 3.00 bits per heavy atom. The minimum absolute atomic E-state index is 0.114. The van der Waals surface area contributed by atoms with Gasteiger partial charge in [-0.15, -0.1) is 0 Å². The number of aromatic nitrogens is 2. The number of hydrogen-bond acceptors (Lipinski definition) is 2. The van der Waals surface area contributed by atoms with Gasteiger partial charge in [0.2, 0.25) is 0 Å². The summed E-state index contributed by atoms with van der Waals surface area (Å²) >= 11 is 0. The minimum Gasteiger partial charge on any atom is -0.324 e. The number of nitrogens with zero attached hydrogens (tertiary/aromatic N) is 2. The summed E-state index contributed by atoms with van der Waals surface area (Å²) < 4.78 is 1.81. The molecule has 82 valence electrons. The molecular weight excluding hydrogens is 186 g/mol. The van der Waals surface area contributed by atoms with E-state index >= 15 is 0 Å². The predicted octanol–water partition coefficient (Wildman–Crippen LogP) is 2.31. The van der Waals surface area contributed by atoms with Gasteiger partial charge in [0.25, 0.3) is 0 Å². The summed E-state index contributed by atoms with van der Waals surface area (Å²) in [6.07, 6.45) is 12.4. The highest BCUT2D eigenvalue weighted by Crippen LogP contribution is 2.25. The highest BCUT2D eigenvalue weighted by molar-refractivity contribution is 5.15. The first kappa shape index (κ1) is 10.4. The summed E-state index contributed by atoms with van der Waals surface area (Å²) in [5.41, 5.74) is 8.81. The predicted molar refractivity (Wildman–Crippen MR) is 61.3 cm³/mol. The van der Waals surface area contributed by atoms with Crippen molar-refractivity contribution in [2.24, 2.45) is 12.8 Å². The quantitative estimate of drug-likeness (QED) is 0.769. The zero-order valence-corrected chi connectivity index (χ0v) is 9.32. The monoisotopic (exact) mass is 205 g/mol. The summed E-state index contributed by atoms with van der Waals surface area (Å²) in [5.74, 6) is 0. The van der Waals surface area contributed by atoms with Crippen LogP contribution in [0.3, 0.4) is 0 Å². The van der Waals surface area contributed by atoms with Gasteiger partial charge in [0.15, 0.2) is 0 Å². The van der Waals surface area contributed by atoms with Crippen LogP contribution in [0.1, 0.15) is 43.7 Å². The maximum absolute atomic E-state index is 6.15. The van der Waals surface area contributed by atoms with Crippen LogP contribution in [0.15, 0.2) is 24.0 Å². The van der Waals surface area contributed by atoms with Crippen LogP contribution in [0.25, 0.3) is 0 Å². The lowest BCUT2D eigenvalue weighted by atomic mass is 9.93. The maximum atomic E-state index is 6.15. The largest absolute Gasteiger partial charge is 0.324 e. The van der Waals surface area contributed by atoms with Crippen LogP contribution in [0.2, 0.25) is 0 Å². The molecular formula is C12H19N3. The Morgan fingerprint density at radius 1 is 1.53 bits per heavy atom. The molecule has 1 aromatic heterocycles. The van der Waals surface area contributed by atoms with Gasteiger partial charge in [0.1, 0.15) is 0 Å². The van der Waals surface area contributed by atoms with Crippen molar-refractivity contribution in [3.8, 4) is 0 Å². The molecule has 0 spiro atoms. The molecule has 1 heterocycles. The third kappa shape index (κ3) is 2.69. The first-order valence-electron chi connectivity index (χ1n) is 5.68. The second-order valence-corrected chi connectivity index (χ2v) is 4.37. The zero-order chi connectivity index (χ0) is 10.7. The van der Waals surface area contributed by atoms with Gasteiger partial charge in [-0.25, -0.2) is 0 Å². The van der Waals surface area contributed by atoms with Crippen LogP contribution in [-0.4, -0.2) is 9.78 Å². The Bertz CT molecular complexity index is 352. The van der Waals surface area contributed by atoms with Crippen molar-refractivity contribution in [3.05, 3.63) is 29.6 Å². The van der Waals surface area contributed by atoms with Gasteiger partial charge < -0.3 is 5.73 Å². The summed E-state index contributed by atoms with van der Waals surface area (Å²) in [7, 11) is 1.93. The van der Waals surface area contributed by atoms with Gasteiger partial charge in [0.05, 0.1) is 6.20 Å². The molecule has 3 heteroatoms. The third-order valence-electron chi connectivity index (χ3n) is 3.02. The zero-order valence-electron chi connectivity index (χ0n) is 9.32. The summed E-state index contributed by atoms with van der Waals surface area (Å²) in [6.45, 7) is 0. The fourth-order valence-corrected chi connectivity index (χ4v) is 2.12. The molecule has 1 aliphatic rings. The van der Waals surface area contributed by atoms with E-state index in [0.717, 1.165) is 12.0 Å². The van der Waals surface area contributed by atoms with E-state index in [1.165, 1.54) is 31.3 Å². The molecule has 0 saturated heterocycles. The van der Waals surface area contributed by atoms with Gasteiger partial charge >= 0.3 is 0 Å². The summed E-state index contributed by atoms with van der Waals surface area (Å²) in [6, 6.07) is 0.114. The van der Waals surface area contributed by atoms with E-state index < -0.39 is 0 Å². The van der Waals surface area contributed by atoms with Crippen LogP contribution in [0, 0.1) is 0 Å². The molecule has 15 heavy (non-hydrogen) atoms. The van der Waals surface area contributed by atoms with Crippen molar-refractivity contribution in [1.29, 1.82) is 0 Å². The lowest BCUT2D eigenvalue weighted by Crippen LogP contribution is -2.11. The molecule has 0 bridgehead atoms. The number of rotatable bonds is 3. The molecule has 3 nitrogen and oxygen atoms in total. The molecule has 2 N–H and O–H groups in total. The smallest absolute Gasteiger partial charge is 0.0537 e. The van der Waals surface area contributed by atoms with Crippen molar-refractivity contribution in [2.45, 2.75) is 38.1 Å². The first-order chi connectivity index (χ1) is 7.25. The molecule has 1 aromatic rings. The van der Waals surface area contributed by atoms with E-state index in [-0.39, 0.29) is 6.04 Å². The summed E-state index contributed by atoms with van der Waals surface area (Å²) in [4.78, 5) is 0. The summed E-state index contributed by atoms with van der Waals surface area (Å²) in [5, 5.41) is 4.15. The van der Waals surface area contributed by atoms with Crippen molar-refractivity contribution >= 4 is 0 Å². The Hall–Kier alpha value is -1.09. The van der Waals surface area contributed by atoms with E-state index in [1.54, 1.807) is 0 Å². The fourth-order valence-electron chi connectivity index (χ4n) is 2.12. The molecule has 0 aliphatic heterocycles. The Balaban J connectivity index is 1.97. The standard InChI is InChI=1S/C12H19N3/c1-15-9-11(8-14-15)12(13)7-10-5-3-2-4-6-10/h5,8-9,12H,2-4,6-7,13H2,1H3. The molecule has 0 radical (unpaired) electrons. The van der Waals surface area contributed by atoms with Crippen molar-refractivity contribution in [3.63, 3.8) is 0 Å². The Morgan fingerprint density at radius 2 is 2.40 bits per heavy atom. The second kappa shape index (κ2) is 4.62. The molecule has 0 saturated carbocycles. The lowest BCUT2D eigenvalue weighted by Gasteiger charge is -2.16. The van der Waals surface area contributed by atoms with Crippen molar-refractivity contribution < 1.29 is 0 Å². The van der Waals surface area contributed by atoms with Crippen molar-refractivity contribution in [1.82, 2.24) is 9.78 Å². The van der Waals surface area contributed by atoms with Gasteiger partial charge in [-0.1, -0.05) is 11.6 Å². The Kier molecular flexibility index (Phi) is 3.21. The average Bonchev–Trinajstić information content (AvgIpc) is 2.66. The van der Waals surface area contributed by atoms with Crippen LogP contribution in [0.5, 0.6) is 0 Å². The van der Waals surface area contributed by atoms with E-state index in [4.69, 9.17) is 5.73 Å². The Labute approximate surface area is 91.0 Å². The normalized spacial score (nSPS) is 18.7. The lowest BCUT2D eigenvalue weighted by molar-refractivity contribution is 0.628. The molecule has 1 atom stereocenters. The van der Waals surface area contributed by atoms with Crippen LogP contribution < -0.4 is 5.73 Å². The van der Waals surface area contributed by atoms with Gasteiger partial charge in [-0.2, -0.15) is 5.10 Å². The molecule has 0 aromatic carbocycles. The highest BCUT2D eigenvalue weighted by atomic mass is 15.2. The number of hydrogen-bond donors (Lipinski definition) is 1. The van der Waals surface area contributed by atoms with E-state index in [9.17, 15) is 0 Å². The second-order valence-electron chi connectivity index (χ2n) is 4.37. The number of nitrogens with two attached hydrogens (primary N) is 1. The van der Waals surface area contributed by atoms with E-state index in [2.05, 4.69) is 11.2 Å². The van der Waals surface area contributed by atoms with Crippen LogP contribution in [-0.2, 0) is 7.05 Å². The fraction of sp³-hybridized carbons (Fsp3) is 0.583. The maximum Gasteiger partial charge on any atom is 0.0537 e.